The molecule has 0 spiro atoms. The molecule has 5 aromatic carbocycles. The molecule has 0 aromatic heterocycles. The Morgan fingerprint density at radius 1 is 0.318 bits per heavy atom. The number of hydrogen-bond donors (Lipinski definition) is 0. The lowest BCUT2D eigenvalue weighted by molar-refractivity contribution is 0.667. The molecular formula is C42H48N2. The summed E-state index contributed by atoms with van der Waals surface area (Å²) in [4.78, 5) is 4.70. The van der Waals surface area contributed by atoms with Crippen molar-refractivity contribution in [3.63, 3.8) is 0 Å². The highest BCUT2D eigenvalue weighted by Crippen LogP contribution is 2.39. The van der Waals surface area contributed by atoms with Gasteiger partial charge in [0.1, 0.15) is 0 Å². The van der Waals surface area contributed by atoms with E-state index >= 15 is 0 Å². The molecule has 5 rings (SSSR count). The third-order valence-electron chi connectivity index (χ3n) is 8.42. The van der Waals surface area contributed by atoms with Gasteiger partial charge in [0.2, 0.25) is 0 Å². The molecule has 0 atom stereocenters. The minimum Gasteiger partial charge on any atom is -0.311 e. The van der Waals surface area contributed by atoms with Crippen LogP contribution in [0.2, 0.25) is 0 Å². The summed E-state index contributed by atoms with van der Waals surface area (Å²) in [7, 11) is 0. The van der Waals surface area contributed by atoms with Crippen molar-refractivity contribution in [2.45, 2.75) is 78.1 Å². The molecule has 0 amide bonds. The highest BCUT2D eigenvalue weighted by atomic mass is 15.2. The molecule has 0 aliphatic carbocycles. The minimum absolute atomic E-state index is 1.14. The van der Waals surface area contributed by atoms with Crippen molar-refractivity contribution in [1.82, 2.24) is 0 Å². The number of hydrogen-bond acceptors (Lipinski definition) is 2. The Morgan fingerprint density at radius 2 is 0.614 bits per heavy atom. The molecule has 0 fully saturated rings. The molecule has 226 valence electrons. The third-order valence-corrected chi connectivity index (χ3v) is 8.42. The van der Waals surface area contributed by atoms with Gasteiger partial charge in [-0.15, -0.1) is 0 Å². The Hall–Kier alpha value is -4.30. The zero-order valence-corrected chi connectivity index (χ0v) is 26.7. The van der Waals surface area contributed by atoms with Crippen LogP contribution in [0.5, 0.6) is 0 Å². The summed E-state index contributed by atoms with van der Waals surface area (Å²) in [5.74, 6) is 0. The number of aryl methyl sites for hydroxylation is 2. The number of nitrogens with zero attached hydrogens (tertiary/aromatic N) is 2. The second-order valence-corrected chi connectivity index (χ2v) is 11.8. The smallest absolute Gasteiger partial charge is 0.0463 e. The molecule has 0 heterocycles. The zero-order chi connectivity index (χ0) is 30.4. The first kappa shape index (κ1) is 31.1. The summed E-state index contributed by atoms with van der Waals surface area (Å²) in [5.41, 5.74) is 9.79. The van der Waals surface area contributed by atoms with E-state index in [9.17, 15) is 0 Å². The van der Waals surface area contributed by atoms with Crippen LogP contribution in [0.15, 0.2) is 133 Å². The average molecular weight is 581 g/mol. The minimum atomic E-state index is 1.14. The summed E-state index contributed by atoms with van der Waals surface area (Å²) >= 11 is 0. The van der Waals surface area contributed by atoms with E-state index in [1.165, 1.54) is 73.9 Å². The summed E-state index contributed by atoms with van der Waals surface area (Å²) < 4.78 is 0. The largest absolute Gasteiger partial charge is 0.311 e. The first-order chi connectivity index (χ1) is 21.8. The molecule has 0 aliphatic heterocycles. The first-order valence-electron chi connectivity index (χ1n) is 16.7. The molecule has 2 heteroatoms. The van der Waals surface area contributed by atoms with Crippen molar-refractivity contribution >= 4 is 34.1 Å². The van der Waals surface area contributed by atoms with Gasteiger partial charge in [-0.25, -0.2) is 0 Å². The normalized spacial score (nSPS) is 11.0. The van der Waals surface area contributed by atoms with E-state index in [-0.39, 0.29) is 0 Å². The number of anilines is 6. The van der Waals surface area contributed by atoms with Crippen LogP contribution in [0.1, 0.15) is 76.3 Å². The summed E-state index contributed by atoms with van der Waals surface area (Å²) in [6.45, 7) is 4.54. The second kappa shape index (κ2) is 16.5. The predicted octanol–water partition coefficient (Wildman–Crippen LogP) is 12.9. The predicted molar refractivity (Wildman–Crippen MR) is 191 cm³/mol. The van der Waals surface area contributed by atoms with Crippen LogP contribution in [-0.4, -0.2) is 0 Å². The van der Waals surface area contributed by atoms with Crippen LogP contribution in [0.3, 0.4) is 0 Å². The van der Waals surface area contributed by atoms with Crippen LogP contribution < -0.4 is 9.80 Å². The van der Waals surface area contributed by atoms with Gasteiger partial charge in [0, 0.05) is 34.1 Å². The van der Waals surface area contributed by atoms with Crippen molar-refractivity contribution in [3.05, 3.63) is 145 Å². The van der Waals surface area contributed by atoms with Crippen molar-refractivity contribution in [1.29, 1.82) is 0 Å². The van der Waals surface area contributed by atoms with E-state index in [1.807, 2.05) is 0 Å². The van der Waals surface area contributed by atoms with Gasteiger partial charge in [0.25, 0.3) is 0 Å². The summed E-state index contributed by atoms with van der Waals surface area (Å²) in [6, 6.07) is 48.7. The second-order valence-electron chi connectivity index (χ2n) is 11.8. The molecule has 0 saturated heterocycles. The van der Waals surface area contributed by atoms with Crippen molar-refractivity contribution in [3.8, 4) is 0 Å². The Balaban J connectivity index is 1.41. The molecule has 44 heavy (non-hydrogen) atoms. The average Bonchev–Trinajstić information content (AvgIpc) is 3.08. The maximum atomic E-state index is 2.35. The summed E-state index contributed by atoms with van der Waals surface area (Å²) in [5, 5.41) is 0. The number of rotatable bonds is 16. The van der Waals surface area contributed by atoms with Gasteiger partial charge in [0.15, 0.2) is 0 Å². The summed E-state index contributed by atoms with van der Waals surface area (Å²) in [6.07, 6.45) is 12.6. The van der Waals surface area contributed by atoms with E-state index in [0.717, 1.165) is 35.6 Å². The van der Waals surface area contributed by atoms with Crippen LogP contribution in [0.25, 0.3) is 0 Å². The highest BCUT2D eigenvalue weighted by molar-refractivity contribution is 5.81. The van der Waals surface area contributed by atoms with E-state index in [1.54, 1.807) is 0 Å². The topological polar surface area (TPSA) is 6.48 Å². The van der Waals surface area contributed by atoms with Gasteiger partial charge < -0.3 is 9.80 Å². The Morgan fingerprint density at radius 3 is 0.932 bits per heavy atom. The van der Waals surface area contributed by atoms with Gasteiger partial charge in [-0.2, -0.15) is 0 Å². The van der Waals surface area contributed by atoms with E-state index in [2.05, 4.69) is 157 Å². The third kappa shape index (κ3) is 8.41. The van der Waals surface area contributed by atoms with Crippen molar-refractivity contribution in [2.75, 3.05) is 9.80 Å². The van der Waals surface area contributed by atoms with Gasteiger partial charge in [0.05, 0.1) is 0 Å². The number of unbranched alkanes of at least 4 members (excludes halogenated alkanes) is 6. The SMILES string of the molecule is CCCCCCc1ccc(N(c2ccccc2)c2ccc(N(c3ccccc3)c3ccc(CCCCCC)cc3)cc2)cc1. The molecule has 2 nitrogen and oxygen atoms in total. The molecule has 0 N–H and O–H groups in total. The lowest BCUT2D eigenvalue weighted by Gasteiger charge is -2.28. The van der Waals surface area contributed by atoms with Crippen LogP contribution in [0, 0.1) is 0 Å². The van der Waals surface area contributed by atoms with Gasteiger partial charge in [-0.3, -0.25) is 0 Å². The van der Waals surface area contributed by atoms with E-state index < -0.39 is 0 Å². The maximum Gasteiger partial charge on any atom is 0.0463 e. The van der Waals surface area contributed by atoms with Gasteiger partial charge in [-0.1, -0.05) is 113 Å². The van der Waals surface area contributed by atoms with Gasteiger partial charge in [-0.05, 0) is 110 Å². The number of benzene rings is 5. The lowest BCUT2D eigenvalue weighted by Crippen LogP contribution is -2.12. The van der Waals surface area contributed by atoms with Gasteiger partial charge >= 0.3 is 0 Å². The fourth-order valence-electron chi connectivity index (χ4n) is 5.93. The zero-order valence-electron chi connectivity index (χ0n) is 26.7. The van der Waals surface area contributed by atoms with Crippen molar-refractivity contribution in [2.24, 2.45) is 0 Å². The maximum absolute atomic E-state index is 2.35. The molecule has 0 aliphatic rings. The van der Waals surface area contributed by atoms with E-state index in [4.69, 9.17) is 0 Å². The molecular weight excluding hydrogens is 532 g/mol. The Labute approximate surface area is 266 Å². The fourth-order valence-corrected chi connectivity index (χ4v) is 5.93. The molecule has 0 unspecified atom stereocenters. The molecule has 0 saturated carbocycles. The van der Waals surface area contributed by atoms with E-state index in [0.29, 0.717) is 0 Å². The van der Waals surface area contributed by atoms with Crippen LogP contribution in [0.4, 0.5) is 34.1 Å². The quantitative estimate of drug-likeness (QED) is 0.107. The van der Waals surface area contributed by atoms with Crippen LogP contribution in [-0.2, 0) is 12.8 Å². The first-order valence-corrected chi connectivity index (χ1v) is 16.7. The number of para-hydroxylation sites is 2. The monoisotopic (exact) mass is 580 g/mol. The molecule has 0 radical (unpaired) electrons. The Kier molecular flexibility index (Phi) is 11.7. The lowest BCUT2D eigenvalue weighted by atomic mass is 10.0. The fraction of sp³-hybridized carbons (Fsp3) is 0.286. The van der Waals surface area contributed by atoms with Crippen molar-refractivity contribution < 1.29 is 0 Å². The molecule has 5 aromatic rings. The highest BCUT2D eigenvalue weighted by Gasteiger charge is 2.16. The Bertz CT molecular complexity index is 1370. The van der Waals surface area contributed by atoms with Crippen LogP contribution >= 0.6 is 0 Å². The standard InChI is InChI=1S/C42H48N2/c1-3-5-7-11-17-35-23-27-39(28-24-35)43(37-19-13-9-14-20-37)41-31-33-42(34-32-41)44(38-21-15-10-16-22-38)40-29-25-36(26-30-40)18-12-8-6-4-2/h9-10,13-16,19-34H,3-8,11-12,17-18H2,1-2H3. The molecule has 0 bridgehead atoms.